The number of pyridine rings is 1. The van der Waals surface area contributed by atoms with E-state index in [1.807, 2.05) is 0 Å². The third kappa shape index (κ3) is 2.99. The van der Waals surface area contributed by atoms with Gasteiger partial charge in [-0.25, -0.2) is 18.1 Å². The van der Waals surface area contributed by atoms with E-state index in [1.54, 1.807) is 36.8 Å². The van der Waals surface area contributed by atoms with Crippen LogP contribution in [0.3, 0.4) is 0 Å². The van der Waals surface area contributed by atoms with Gasteiger partial charge in [0.15, 0.2) is 5.82 Å². The Morgan fingerprint density at radius 3 is 2.83 bits per heavy atom. The first-order valence-electron chi connectivity index (χ1n) is 5.14. The Kier molecular flexibility index (Phi) is 3.83. The molecular weight excluding hydrogens is 276 g/mol. The molecule has 0 amide bonds. The summed E-state index contributed by atoms with van der Waals surface area (Å²) < 4.78 is 27.3. The molecule has 0 bridgehead atoms. The van der Waals surface area contributed by atoms with Gasteiger partial charge in [-0.2, -0.15) is 5.10 Å². The highest BCUT2D eigenvalue weighted by molar-refractivity contribution is 7.92. The van der Waals surface area contributed by atoms with E-state index in [0.29, 0.717) is 11.5 Å². The summed E-state index contributed by atoms with van der Waals surface area (Å²) >= 11 is 5.44. The largest absolute Gasteiger partial charge is 0.280 e. The second kappa shape index (κ2) is 5.36. The quantitative estimate of drug-likeness (QED) is 0.839. The minimum Gasteiger partial charge on any atom is -0.280 e. The number of rotatable bonds is 5. The first-order chi connectivity index (χ1) is 8.62. The topological polar surface area (TPSA) is 76.9 Å². The molecule has 0 aromatic carbocycles. The average Bonchev–Trinajstić information content (AvgIpc) is 2.82. The van der Waals surface area contributed by atoms with Gasteiger partial charge < -0.3 is 0 Å². The highest BCUT2D eigenvalue weighted by atomic mass is 35.5. The number of aromatic nitrogens is 3. The molecule has 2 aromatic heterocycles. The van der Waals surface area contributed by atoms with Crippen molar-refractivity contribution >= 4 is 27.3 Å². The lowest BCUT2D eigenvalue weighted by Crippen LogP contribution is -2.19. The molecule has 2 heterocycles. The van der Waals surface area contributed by atoms with Crippen molar-refractivity contribution in [2.75, 3.05) is 16.4 Å². The smallest absolute Gasteiger partial charge is 0.234 e. The Hall–Kier alpha value is -1.60. The maximum absolute atomic E-state index is 11.7. The molecule has 0 aliphatic rings. The van der Waals surface area contributed by atoms with Crippen molar-refractivity contribution in [3.63, 3.8) is 0 Å². The number of hydrogen-bond donors (Lipinski definition) is 1. The maximum atomic E-state index is 11.7. The number of alkyl halides is 1. The molecule has 0 saturated carbocycles. The van der Waals surface area contributed by atoms with Crippen molar-refractivity contribution in [1.29, 1.82) is 0 Å². The fourth-order valence-electron chi connectivity index (χ4n) is 1.37. The zero-order chi connectivity index (χ0) is 13.0. The number of halogens is 1. The third-order valence-corrected chi connectivity index (χ3v) is 3.81. The van der Waals surface area contributed by atoms with Crippen LogP contribution in [0.4, 0.5) is 5.69 Å². The van der Waals surface area contributed by atoms with Crippen LogP contribution >= 0.6 is 11.6 Å². The Balaban J connectivity index is 2.35. The van der Waals surface area contributed by atoms with Gasteiger partial charge in [-0.15, -0.1) is 11.6 Å². The summed E-state index contributed by atoms with van der Waals surface area (Å²) in [7, 11) is -3.46. The summed E-state index contributed by atoms with van der Waals surface area (Å²) in [5, 5.41) is 4.02. The van der Waals surface area contributed by atoms with Gasteiger partial charge in [-0.05, 0) is 18.2 Å². The van der Waals surface area contributed by atoms with Gasteiger partial charge in [0.25, 0.3) is 0 Å². The van der Waals surface area contributed by atoms with Crippen LogP contribution in [0, 0.1) is 0 Å². The van der Waals surface area contributed by atoms with Crippen LogP contribution in [0.2, 0.25) is 0 Å². The molecule has 0 fully saturated rings. The van der Waals surface area contributed by atoms with Crippen LogP contribution < -0.4 is 4.72 Å². The van der Waals surface area contributed by atoms with E-state index in [1.165, 1.54) is 4.68 Å². The summed E-state index contributed by atoms with van der Waals surface area (Å²) in [5.74, 6) is 0.301. The van der Waals surface area contributed by atoms with Crippen molar-refractivity contribution in [2.24, 2.45) is 0 Å². The molecule has 0 spiro atoms. The minimum atomic E-state index is -3.46. The van der Waals surface area contributed by atoms with Crippen LogP contribution in [-0.4, -0.2) is 34.8 Å². The summed E-state index contributed by atoms with van der Waals surface area (Å²) in [6.45, 7) is 0. The Labute approximate surface area is 110 Å². The van der Waals surface area contributed by atoms with Gasteiger partial charge >= 0.3 is 0 Å². The van der Waals surface area contributed by atoms with E-state index in [0.717, 1.165) is 0 Å². The van der Waals surface area contributed by atoms with E-state index < -0.39 is 10.0 Å². The molecule has 0 aliphatic heterocycles. The lowest BCUT2D eigenvalue weighted by atomic mass is 10.4. The van der Waals surface area contributed by atoms with Gasteiger partial charge in [0.05, 0.1) is 11.4 Å². The van der Waals surface area contributed by atoms with Gasteiger partial charge in [0.2, 0.25) is 10.0 Å². The molecule has 96 valence electrons. The predicted molar refractivity (Wildman–Crippen MR) is 69.5 cm³/mol. The van der Waals surface area contributed by atoms with Crippen molar-refractivity contribution in [1.82, 2.24) is 14.8 Å². The number of nitrogens with zero attached hydrogens (tertiary/aromatic N) is 3. The van der Waals surface area contributed by atoms with Gasteiger partial charge in [0, 0.05) is 24.5 Å². The Bertz CT molecular complexity index is 613. The number of nitrogens with one attached hydrogen (secondary N) is 1. The lowest BCUT2D eigenvalue weighted by Gasteiger charge is -2.10. The van der Waals surface area contributed by atoms with Crippen molar-refractivity contribution < 1.29 is 8.42 Å². The Morgan fingerprint density at radius 2 is 2.17 bits per heavy atom. The second-order valence-electron chi connectivity index (χ2n) is 3.44. The molecular formula is C10H11ClN4O2S. The zero-order valence-electron chi connectivity index (χ0n) is 9.32. The molecule has 0 saturated heterocycles. The first kappa shape index (κ1) is 12.8. The molecule has 0 unspecified atom stereocenters. The SMILES string of the molecule is O=S(=O)(CCCl)Nc1cccnc1-n1cccn1. The summed E-state index contributed by atoms with van der Waals surface area (Å²) in [4.78, 5) is 4.11. The lowest BCUT2D eigenvalue weighted by molar-refractivity contribution is 0.602. The third-order valence-electron chi connectivity index (χ3n) is 2.12. The van der Waals surface area contributed by atoms with Gasteiger partial charge in [-0.3, -0.25) is 4.72 Å². The predicted octanol–water partition coefficient (Wildman–Crippen LogP) is 1.25. The van der Waals surface area contributed by atoms with E-state index in [4.69, 9.17) is 11.6 Å². The van der Waals surface area contributed by atoms with Gasteiger partial charge in [-0.1, -0.05) is 0 Å². The van der Waals surface area contributed by atoms with Crippen molar-refractivity contribution in [2.45, 2.75) is 0 Å². The molecule has 0 aliphatic carbocycles. The first-order valence-corrected chi connectivity index (χ1v) is 7.32. The van der Waals surface area contributed by atoms with Crippen LogP contribution in [-0.2, 0) is 10.0 Å². The van der Waals surface area contributed by atoms with Crippen LogP contribution in [0.25, 0.3) is 5.82 Å². The fraction of sp³-hybridized carbons (Fsp3) is 0.200. The molecule has 1 N–H and O–H groups in total. The highest BCUT2D eigenvalue weighted by Gasteiger charge is 2.13. The number of anilines is 1. The molecule has 2 rings (SSSR count). The number of hydrogen-bond acceptors (Lipinski definition) is 4. The van der Waals surface area contributed by atoms with Gasteiger partial charge in [0.1, 0.15) is 0 Å². The molecule has 18 heavy (non-hydrogen) atoms. The molecule has 8 heteroatoms. The van der Waals surface area contributed by atoms with E-state index >= 15 is 0 Å². The molecule has 0 atom stereocenters. The summed E-state index contributed by atoms with van der Waals surface area (Å²) in [5.41, 5.74) is 0.367. The average molecular weight is 287 g/mol. The van der Waals surface area contributed by atoms with Crippen LogP contribution in [0.15, 0.2) is 36.8 Å². The molecule has 0 radical (unpaired) electrons. The number of sulfonamides is 1. The normalized spacial score (nSPS) is 11.4. The molecule has 6 nitrogen and oxygen atoms in total. The van der Waals surface area contributed by atoms with E-state index in [-0.39, 0.29) is 11.6 Å². The zero-order valence-corrected chi connectivity index (χ0v) is 10.9. The highest BCUT2D eigenvalue weighted by Crippen LogP contribution is 2.17. The fourth-order valence-corrected chi connectivity index (χ4v) is 2.78. The second-order valence-corrected chi connectivity index (χ2v) is 5.65. The monoisotopic (exact) mass is 286 g/mol. The standard InChI is InChI=1S/C10H11ClN4O2S/c11-4-8-18(16,17)14-9-3-1-5-12-10(9)15-7-2-6-13-15/h1-3,5-7,14H,4,8H2. The van der Waals surface area contributed by atoms with E-state index in [2.05, 4.69) is 14.8 Å². The van der Waals surface area contributed by atoms with E-state index in [9.17, 15) is 8.42 Å². The van der Waals surface area contributed by atoms with Crippen LogP contribution in [0.5, 0.6) is 0 Å². The minimum absolute atomic E-state index is 0.0344. The maximum Gasteiger partial charge on any atom is 0.234 e. The summed E-state index contributed by atoms with van der Waals surface area (Å²) in [6.07, 6.45) is 4.84. The van der Waals surface area contributed by atoms with Crippen molar-refractivity contribution in [3.8, 4) is 5.82 Å². The Morgan fingerprint density at radius 1 is 1.33 bits per heavy atom. The molecule has 2 aromatic rings. The van der Waals surface area contributed by atoms with Crippen LogP contribution in [0.1, 0.15) is 0 Å². The van der Waals surface area contributed by atoms with Crippen molar-refractivity contribution in [3.05, 3.63) is 36.8 Å². The summed E-state index contributed by atoms with van der Waals surface area (Å²) in [6, 6.07) is 4.99.